The molecule has 0 aromatic heterocycles. The second-order valence-corrected chi connectivity index (χ2v) is 8.77. The van der Waals surface area contributed by atoms with Gasteiger partial charge in [0.05, 0.1) is 13.2 Å². The van der Waals surface area contributed by atoms with Gasteiger partial charge in [0.1, 0.15) is 0 Å². The van der Waals surface area contributed by atoms with Crippen LogP contribution in [0.1, 0.15) is 29.5 Å². The lowest BCUT2D eigenvalue weighted by Gasteiger charge is -2.26. The van der Waals surface area contributed by atoms with Gasteiger partial charge in [-0.1, -0.05) is 54.6 Å². The lowest BCUT2D eigenvalue weighted by atomic mass is 10.1. The summed E-state index contributed by atoms with van der Waals surface area (Å²) in [6.07, 6.45) is 2.50. The number of nitrogens with one attached hydrogen (secondary N) is 2. The molecule has 1 atom stereocenters. The normalized spacial score (nSPS) is 20.4. The lowest BCUT2D eigenvalue weighted by molar-refractivity contribution is 0.0342. The Kier molecular flexibility index (Phi) is 8.54. The highest BCUT2D eigenvalue weighted by molar-refractivity contribution is 5.79. The Balaban J connectivity index is 1.24. The van der Waals surface area contributed by atoms with Crippen molar-refractivity contribution in [1.82, 2.24) is 20.4 Å². The fourth-order valence-corrected chi connectivity index (χ4v) is 4.63. The van der Waals surface area contributed by atoms with Gasteiger partial charge in [-0.15, -0.1) is 0 Å². The highest BCUT2D eigenvalue weighted by Gasteiger charge is 2.24. The Morgan fingerprint density at radius 2 is 1.72 bits per heavy atom. The molecule has 2 heterocycles. The third-order valence-electron chi connectivity index (χ3n) is 6.42. The molecular formula is C26H37N5O. The summed E-state index contributed by atoms with van der Waals surface area (Å²) in [6, 6.07) is 20.2. The molecule has 2 fully saturated rings. The van der Waals surface area contributed by atoms with E-state index in [4.69, 9.17) is 4.74 Å². The third kappa shape index (κ3) is 6.79. The zero-order chi connectivity index (χ0) is 22.0. The summed E-state index contributed by atoms with van der Waals surface area (Å²) in [4.78, 5) is 9.49. The van der Waals surface area contributed by atoms with E-state index in [1.54, 1.807) is 0 Å². The summed E-state index contributed by atoms with van der Waals surface area (Å²) in [6.45, 7) is 8.59. The standard InChI is InChI=1S/C26H37N5O/c1-27-26(29-19-25-11-6-12-31(25)21-22-7-3-2-4-8-22)28-18-23-9-5-10-24(17-23)20-30-13-15-32-16-14-30/h2-5,7-10,17,25H,6,11-16,18-21H2,1H3,(H2,27,28,29). The van der Waals surface area contributed by atoms with Crippen LogP contribution in [-0.2, 0) is 24.4 Å². The van der Waals surface area contributed by atoms with Gasteiger partial charge in [0.15, 0.2) is 5.96 Å². The van der Waals surface area contributed by atoms with Crippen molar-refractivity contribution in [2.45, 2.75) is 38.5 Å². The van der Waals surface area contributed by atoms with Gasteiger partial charge in [-0.25, -0.2) is 0 Å². The fraction of sp³-hybridized carbons (Fsp3) is 0.500. The average molecular weight is 436 g/mol. The maximum Gasteiger partial charge on any atom is 0.191 e. The highest BCUT2D eigenvalue weighted by Crippen LogP contribution is 2.19. The van der Waals surface area contributed by atoms with Crippen molar-refractivity contribution >= 4 is 5.96 Å². The first-order valence-corrected chi connectivity index (χ1v) is 11.9. The number of likely N-dealkylation sites (tertiary alicyclic amines) is 1. The van der Waals surface area contributed by atoms with Crippen LogP contribution in [0.5, 0.6) is 0 Å². The molecule has 4 rings (SSSR count). The van der Waals surface area contributed by atoms with Crippen molar-refractivity contribution in [2.75, 3.05) is 46.4 Å². The van der Waals surface area contributed by atoms with Crippen LogP contribution in [0.3, 0.4) is 0 Å². The molecule has 0 bridgehead atoms. The molecule has 2 aromatic carbocycles. The van der Waals surface area contributed by atoms with E-state index < -0.39 is 0 Å². The molecule has 0 saturated carbocycles. The molecule has 172 valence electrons. The third-order valence-corrected chi connectivity index (χ3v) is 6.42. The van der Waals surface area contributed by atoms with Crippen molar-refractivity contribution in [3.63, 3.8) is 0 Å². The van der Waals surface area contributed by atoms with Crippen LogP contribution in [0.15, 0.2) is 59.6 Å². The van der Waals surface area contributed by atoms with E-state index in [2.05, 4.69) is 80.0 Å². The molecule has 2 aliphatic rings. The number of rotatable bonds is 8. The van der Waals surface area contributed by atoms with Gasteiger partial charge < -0.3 is 15.4 Å². The molecule has 2 aliphatic heterocycles. The van der Waals surface area contributed by atoms with Crippen LogP contribution < -0.4 is 10.6 Å². The molecular weight excluding hydrogens is 398 g/mol. The summed E-state index contributed by atoms with van der Waals surface area (Å²) in [5, 5.41) is 7.04. The van der Waals surface area contributed by atoms with Crippen LogP contribution in [0.4, 0.5) is 0 Å². The molecule has 32 heavy (non-hydrogen) atoms. The molecule has 0 radical (unpaired) electrons. The maximum absolute atomic E-state index is 5.46. The summed E-state index contributed by atoms with van der Waals surface area (Å²) in [5.41, 5.74) is 4.03. The van der Waals surface area contributed by atoms with Gasteiger partial charge in [0.2, 0.25) is 0 Å². The van der Waals surface area contributed by atoms with E-state index >= 15 is 0 Å². The largest absolute Gasteiger partial charge is 0.379 e. The quantitative estimate of drug-likeness (QED) is 0.493. The predicted molar refractivity (Wildman–Crippen MR) is 131 cm³/mol. The Labute approximate surface area is 192 Å². The lowest BCUT2D eigenvalue weighted by Crippen LogP contribution is -2.44. The fourth-order valence-electron chi connectivity index (χ4n) is 4.63. The SMILES string of the molecule is CN=C(NCc1cccc(CN2CCOCC2)c1)NCC1CCCN1Cc1ccccc1. The van der Waals surface area contributed by atoms with Crippen LogP contribution in [0.25, 0.3) is 0 Å². The molecule has 2 saturated heterocycles. The number of morpholine rings is 1. The van der Waals surface area contributed by atoms with E-state index in [0.717, 1.165) is 58.4 Å². The number of hydrogen-bond donors (Lipinski definition) is 2. The highest BCUT2D eigenvalue weighted by atomic mass is 16.5. The second kappa shape index (κ2) is 12.0. The molecule has 6 nitrogen and oxygen atoms in total. The maximum atomic E-state index is 5.46. The zero-order valence-electron chi connectivity index (χ0n) is 19.3. The molecule has 0 aliphatic carbocycles. The van der Waals surface area contributed by atoms with Gasteiger partial charge in [-0.3, -0.25) is 14.8 Å². The van der Waals surface area contributed by atoms with Crippen LogP contribution in [0.2, 0.25) is 0 Å². The van der Waals surface area contributed by atoms with E-state index in [9.17, 15) is 0 Å². The minimum atomic E-state index is 0.547. The smallest absolute Gasteiger partial charge is 0.191 e. The first-order chi connectivity index (χ1) is 15.8. The summed E-state index contributed by atoms with van der Waals surface area (Å²) in [7, 11) is 1.85. The number of hydrogen-bond acceptors (Lipinski definition) is 4. The van der Waals surface area contributed by atoms with Crippen molar-refractivity contribution in [2.24, 2.45) is 4.99 Å². The van der Waals surface area contributed by atoms with E-state index in [1.807, 2.05) is 7.05 Å². The van der Waals surface area contributed by atoms with Crippen LogP contribution in [-0.4, -0.2) is 68.2 Å². The molecule has 0 spiro atoms. The van der Waals surface area contributed by atoms with Crippen molar-refractivity contribution in [3.8, 4) is 0 Å². The van der Waals surface area contributed by atoms with Gasteiger partial charge in [-0.05, 0) is 36.1 Å². The number of guanidine groups is 1. The van der Waals surface area contributed by atoms with Crippen molar-refractivity contribution in [1.29, 1.82) is 0 Å². The van der Waals surface area contributed by atoms with Crippen LogP contribution in [0, 0.1) is 0 Å². The molecule has 1 unspecified atom stereocenters. The number of aliphatic imine (C=N–C) groups is 1. The van der Waals surface area contributed by atoms with E-state index in [1.165, 1.54) is 36.1 Å². The molecule has 6 heteroatoms. The Hall–Kier alpha value is -2.41. The molecule has 2 N–H and O–H groups in total. The summed E-state index contributed by atoms with van der Waals surface area (Å²) in [5.74, 6) is 0.871. The Bertz CT molecular complexity index is 850. The minimum absolute atomic E-state index is 0.547. The molecule has 0 amide bonds. The van der Waals surface area contributed by atoms with Crippen molar-refractivity contribution < 1.29 is 4.74 Å². The number of benzene rings is 2. The predicted octanol–water partition coefficient (Wildman–Crippen LogP) is 2.85. The summed E-state index contributed by atoms with van der Waals surface area (Å²) >= 11 is 0. The Morgan fingerprint density at radius 3 is 2.53 bits per heavy atom. The second-order valence-electron chi connectivity index (χ2n) is 8.77. The molecule has 2 aromatic rings. The van der Waals surface area contributed by atoms with Gasteiger partial charge in [-0.2, -0.15) is 0 Å². The first kappa shape index (κ1) is 22.8. The topological polar surface area (TPSA) is 52.1 Å². The van der Waals surface area contributed by atoms with Gasteiger partial charge in [0, 0.05) is 52.4 Å². The number of ether oxygens (including phenoxy) is 1. The number of nitrogens with zero attached hydrogens (tertiary/aromatic N) is 3. The van der Waals surface area contributed by atoms with E-state index in [0.29, 0.717) is 6.04 Å². The van der Waals surface area contributed by atoms with E-state index in [-0.39, 0.29) is 0 Å². The minimum Gasteiger partial charge on any atom is -0.379 e. The zero-order valence-corrected chi connectivity index (χ0v) is 19.3. The van der Waals surface area contributed by atoms with Crippen LogP contribution >= 0.6 is 0 Å². The monoisotopic (exact) mass is 435 g/mol. The van der Waals surface area contributed by atoms with Crippen molar-refractivity contribution in [3.05, 3.63) is 71.3 Å². The first-order valence-electron chi connectivity index (χ1n) is 11.9. The summed E-state index contributed by atoms with van der Waals surface area (Å²) < 4.78 is 5.46. The van der Waals surface area contributed by atoms with Gasteiger partial charge in [0.25, 0.3) is 0 Å². The average Bonchev–Trinajstić information content (AvgIpc) is 3.27. The van der Waals surface area contributed by atoms with Gasteiger partial charge >= 0.3 is 0 Å². The Morgan fingerprint density at radius 1 is 0.938 bits per heavy atom.